The molecule has 0 nitrogen and oxygen atoms in total. The van der Waals surface area contributed by atoms with Crippen LogP contribution >= 0.6 is 17.0 Å². The molecule has 8 aliphatic rings. The Balaban J connectivity index is 0.000000133. The normalized spacial score (nSPS) is 44.2. The van der Waals surface area contributed by atoms with Crippen molar-refractivity contribution in [3.8, 4) is 0 Å². The third-order valence-electron chi connectivity index (χ3n) is 11.9. The summed E-state index contributed by atoms with van der Waals surface area (Å²) in [6.45, 7) is 20.1. The van der Waals surface area contributed by atoms with E-state index in [-0.39, 0.29) is 0 Å². The van der Waals surface area contributed by atoms with E-state index in [0.717, 1.165) is 35.5 Å². The summed E-state index contributed by atoms with van der Waals surface area (Å²) in [7, 11) is 9.87. The van der Waals surface area contributed by atoms with Gasteiger partial charge in [-0.3, -0.25) is 0 Å². The van der Waals surface area contributed by atoms with Crippen molar-refractivity contribution in [2.75, 3.05) is 0 Å². The first-order chi connectivity index (χ1) is 14.3. The zero-order valence-electron chi connectivity index (χ0n) is 21.4. The molecule has 8 rings (SSSR count). The molecule has 6 atom stereocenters. The molecule has 4 bridgehead atoms. The molecule has 8 aliphatic carbocycles. The molecule has 0 aromatic carbocycles. The summed E-state index contributed by atoms with van der Waals surface area (Å²) in [4.78, 5) is 0. The maximum atomic E-state index is 4.93. The van der Waals surface area contributed by atoms with Crippen LogP contribution in [0.3, 0.4) is 0 Å². The second-order valence-corrected chi connectivity index (χ2v) is 17.8. The van der Waals surface area contributed by atoms with Gasteiger partial charge in [0.25, 0.3) is 0 Å². The molecule has 0 N–H and O–H groups in total. The number of halogens is 2. The Labute approximate surface area is 212 Å². The summed E-state index contributed by atoms with van der Waals surface area (Å²) >= 11 is -0.826. The van der Waals surface area contributed by atoms with Crippen molar-refractivity contribution >= 4 is 17.0 Å². The predicted octanol–water partition coefficient (Wildman–Crippen LogP) is 9.50. The van der Waals surface area contributed by atoms with Gasteiger partial charge in [0.2, 0.25) is 0 Å². The van der Waals surface area contributed by atoms with Gasteiger partial charge >= 0.3 is 37.9 Å². The van der Waals surface area contributed by atoms with Crippen LogP contribution in [0.5, 0.6) is 0 Å². The van der Waals surface area contributed by atoms with E-state index >= 15 is 0 Å². The van der Waals surface area contributed by atoms with Gasteiger partial charge in [0.1, 0.15) is 0 Å². The standard InChI is InChI=1S/C14H24.C14H22.2ClH.Zr/c2*1-13(2)10-7-5-6-9(10)11-8-12(13)14(11,3)4;;;/h9-12H,5-8H2,1-4H3;11-12H,5-8H2,1-4H3;2*1H;/q;;;;+2/p-2. The molecular formula is C28H46Cl2Zr. The number of hydrogen-bond donors (Lipinski definition) is 0. The molecular weight excluding hydrogens is 498 g/mol. The first kappa shape index (κ1) is 25.6. The van der Waals surface area contributed by atoms with Gasteiger partial charge in [-0.05, 0) is 108 Å². The summed E-state index contributed by atoms with van der Waals surface area (Å²) in [5, 5.41) is 0. The van der Waals surface area contributed by atoms with Crippen molar-refractivity contribution in [2.45, 2.75) is 107 Å². The fourth-order valence-electron chi connectivity index (χ4n) is 10.4. The molecule has 0 saturated heterocycles. The van der Waals surface area contributed by atoms with E-state index in [4.69, 9.17) is 17.0 Å². The van der Waals surface area contributed by atoms with Gasteiger partial charge in [0, 0.05) is 0 Å². The van der Waals surface area contributed by atoms with E-state index < -0.39 is 20.8 Å². The zero-order chi connectivity index (χ0) is 23.0. The van der Waals surface area contributed by atoms with Gasteiger partial charge < -0.3 is 0 Å². The molecule has 0 aromatic heterocycles. The van der Waals surface area contributed by atoms with E-state index in [1.807, 2.05) is 11.8 Å². The van der Waals surface area contributed by atoms with Crippen LogP contribution in [-0.4, -0.2) is 0 Å². The summed E-state index contributed by atoms with van der Waals surface area (Å²) < 4.78 is 0. The maximum absolute atomic E-state index is 4.93. The molecule has 6 unspecified atom stereocenters. The first-order valence-electron chi connectivity index (χ1n) is 13.0. The topological polar surface area (TPSA) is 0 Å². The summed E-state index contributed by atoms with van der Waals surface area (Å²) in [6.07, 6.45) is 11.9. The van der Waals surface area contributed by atoms with Crippen molar-refractivity contribution < 1.29 is 20.8 Å². The molecule has 0 heterocycles. The Morgan fingerprint density at radius 2 is 1.32 bits per heavy atom. The molecule has 31 heavy (non-hydrogen) atoms. The van der Waals surface area contributed by atoms with Crippen molar-refractivity contribution in [3.05, 3.63) is 11.8 Å². The van der Waals surface area contributed by atoms with Crippen molar-refractivity contribution in [1.29, 1.82) is 0 Å². The van der Waals surface area contributed by atoms with Crippen LogP contribution in [-0.2, 0) is 20.8 Å². The van der Waals surface area contributed by atoms with Crippen LogP contribution < -0.4 is 0 Å². The average Bonchev–Trinajstić information content (AvgIpc) is 3.31. The van der Waals surface area contributed by atoms with E-state index in [0.29, 0.717) is 21.7 Å². The molecule has 2 radical (unpaired) electrons. The van der Waals surface area contributed by atoms with Crippen molar-refractivity contribution in [1.82, 2.24) is 0 Å². The van der Waals surface area contributed by atoms with Crippen LogP contribution in [0.4, 0.5) is 0 Å². The van der Waals surface area contributed by atoms with Gasteiger partial charge in [0.05, 0.1) is 0 Å². The van der Waals surface area contributed by atoms with Crippen molar-refractivity contribution in [3.63, 3.8) is 0 Å². The zero-order valence-corrected chi connectivity index (χ0v) is 25.3. The Bertz CT molecular complexity index is 602. The van der Waals surface area contributed by atoms with E-state index in [1.165, 1.54) is 44.9 Å². The number of rotatable bonds is 0. The molecule has 0 spiro atoms. The average molecular weight is 545 g/mol. The van der Waals surface area contributed by atoms with Crippen LogP contribution in [0.2, 0.25) is 0 Å². The third-order valence-corrected chi connectivity index (χ3v) is 11.9. The van der Waals surface area contributed by atoms with Gasteiger partial charge in [-0.15, -0.1) is 0 Å². The summed E-state index contributed by atoms with van der Waals surface area (Å²) in [6, 6.07) is 0. The van der Waals surface area contributed by atoms with Gasteiger partial charge in [-0.25, -0.2) is 0 Å². The molecule has 8 saturated carbocycles. The predicted molar refractivity (Wildman–Crippen MR) is 131 cm³/mol. The van der Waals surface area contributed by atoms with Gasteiger partial charge in [-0.1, -0.05) is 68.2 Å². The Morgan fingerprint density at radius 1 is 0.710 bits per heavy atom. The third kappa shape index (κ3) is 3.74. The molecule has 8 fully saturated rings. The first-order valence-corrected chi connectivity index (χ1v) is 19.3. The molecule has 0 aliphatic heterocycles. The second-order valence-electron chi connectivity index (χ2n) is 14.1. The fourth-order valence-corrected chi connectivity index (χ4v) is 10.4. The quantitative estimate of drug-likeness (QED) is 0.285. The summed E-state index contributed by atoms with van der Waals surface area (Å²) in [5.41, 5.74) is 2.42. The van der Waals surface area contributed by atoms with E-state index in [9.17, 15) is 0 Å². The number of hydrogen-bond acceptors (Lipinski definition) is 0. The summed E-state index contributed by atoms with van der Waals surface area (Å²) in [5.74, 6) is 9.90. The van der Waals surface area contributed by atoms with E-state index in [1.54, 1.807) is 6.42 Å². The Kier molecular flexibility index (Phi) is 7.04. The van der Waals surface area contributed by atoms with Crippen LogP contribution in [0.25, 0.3) is 0 Å². The van der Waals surface area contributed by atoms with Crippen LogP contribution in [0.15, 0.2) is 0 Å². The van der Waals surface area contributed by atoms with E-state index in [2.05, 4.69) is 55.4 Å². The van der Waals surface area contributed by atoms with Crippen LogP contribution in [0, 0.1) is 69.0 Å². The fraction of sp³-hybridized carbons (Fsp3) is 0.929. The molecule has 3 heteroatoms. The Hall–Kier alpha value is 1.46. The Morgan fingerprint density at radius 3 is 1.90 bits per heavy atom. The van der Waals surface area contributed by atoms with Gasteiger partial charge in [-0.2, -0.15) is 0 Å². The molecule has 0 aromatic rings. The second kappa shape index (κ2) is 8.54. The minimum absolute atomic E-state index is 0.518. The van der Waals surface area contributed by atoms with Crippen LogP contribution in [0.1, 0.15) is 107 Å². The monoisotopic (exact) mass is 542 g/mol. The van der Waals surface area contributed by atoms with Gasteiger partial charge in [0.15, 0.2) is 0 Å². The SMILES string of the molecule is CC1(C)C2CCCC2C2CC1C2(C)C.CC1(C)[C]2CCC[C]2C2CC1C2(C)C.[Cl][Zr][Cl]. The molecule has 0 amide bonds. The van der Waals surface area contributed by atoms with Crippen molar-refractivity contribution in [2.24, 2.45) is 57.2 Å². The molecule has 176 valence electrons. The minimum atomic E-state index is -0.826.